The molecule has 142 valence electrons. The quantitative estimate of drug-likeness (QED) is 0.428. The lowest BCUT2D eigenvalue weighted by atomic mass is 9.93. The van der Waals surface area contributed by atoms with Crippen LogP contribution in [0.1, 0.15) is 48.2 Å². The lowest BCUT2D eigenvalue weighted by Gasteiger charge is -2.34. The first-order valence-electron chi connectivity index (χ1n) is 9.89. The fourth-order valence-corrected chi connectivity index (χ4v) is 4.91. The maximum Gasteiger partial charge on any atom is 0.254 e. The van der Waals surface area contributed by atoms with Crippen LogP contribution in [-0.2, 0) is 6.54 Å². The molecule has 0 spiro atoms. The van der Waals surface area contributed by atoms with Crippen molar-refractivity contribution >= 4 is 38.4 Å². The third-order valence-electron chi connectivity index (χ3n) is 5.66. The molecule has 0 radical (unpaired) electrons. The van der Waals surface area contributed by atoms with Gasteiger partial charge in [0.15, 0.2) is 0 Å². The van der Waals surface area contributed by atoms with Gasteiger partial charge in [-0.2, -0.15) is 0 Å². The number of furan rings is 1. The second-order valence-electron chi connectivity index (χ2n) is 7.51. The molecule has 0 aliphatic heterocycles. The van der Waals surface area contributed by atoms with E-state index in [4.69, 9.17) is 4.42 Å². The van der Waals surface area contributed by atoms with Crippen LogP contribution in [0.4, 0.5) is 0 Å². The van der Waals surface area contributed by atoms with Crippen molar-refractivity contribution in [1.82, 2.24) is 9.88 Å². The molecule has 2 aromatic heterocycles. The molecule has 0 saturated heterocycles. The number of nitrogens with zero attached hydrogens (tertiary/aromatic N) is 2. The van der Waals surface area contributed by atoms with E-state index in [0.717, 1.165) is 45.4 Å². The minimum absolute atomic E-state index is 0.0858. The maximum absolute atomic E-state index is 13.5. The van der Waals surface area contributed by atoms with Crippen LogP contribution in [-0.4, -0.2) is 21.8 Å². The SMILES string of the molecule is O=C(c1ccc2ncsc2c1)N(Cc1cc2ccccc2o1)C1CCCCC1. The number of fused-ring (bicyclic) bond motifs is 2. The van der Waals surface area contributed by atoms with Crippen LogP contribution < -0.4 is 0 Å². The molecule has 1 amide bonds. The fraction of sp³-hybridized carbons (Fsp3) is 0.304. The van der Waals surface area contributed by atoms with Crippen molar-refractivity contribution in [2.24, 2.45) is 0 Å². The number of aromatic nitrogens is 1. The number of amides is 1. The Hall–Kier alpha value is -2.66. The van der Waals surface area contributed by atoms with Gasteiger partial charge in [-0.1, -0.05) is 37.5 Å². The summed E-state index contributed by atoms with van der Waals surface area (Å²) in [6.45, 7) is 0.513. The van der Waals surface area contributed by atoms with Crippen LogP contribution in [0.3, 0.4) is 0 Å². The summed E-state index contributed by atoms with van der Waals surface area (Å²) < 4.78 is 7.09. The molecular formula is C23H22N2O2S. The number of rotatable bonds is 4. The molecular weight excluding hydrogens is 368 g/mol. The molecule has 2 heterocycles. The molecule has 28 heavy (non-hydrogen) atoms. The largest absolute Gasteiger partial charge is 0.459 e. The smallest absolute Gasteiger partial charge is 0.254 e. The van der Waals surface area contributed by atoms with Crippen molar-refractivity contribution in [2.45, 2.75) is 44.7 Å². The summed E-state index contributed by atoms with van der Waals surface area (Å²) in [5, 5.41) is 1.08. The second-order valence-corrected chi connectivity index (χ2v) is 8.40. The molecule has 1 aliphatic carbocycles. The van der Waals surface area contributed by atoms with Crippen molar-refractivity contribution in [1.29, 1.82) is 0 Å². The number of carbonyl (C=O) groups is 1. The predicted octanol–water partition coefficient (Wildman–Crippen LogP) is 6.02. The summed E-state index contributed by atoms with van der Waals surface area (Å²) in [4.78, 5) is 19.8. The molecule has 0 unspecified atom stereocenters. The van der Waals surface area contributed by atoms with Crippen molar-refractivity contribution < 1.29 is 9.21 Å². The minimum atomic E-state index is 0.0858. The lowest BCUT2D eigenvalue weighted by Crippen LogP contribution is -2.40. The highest BCUT2D eigenvalue weighted by molar-refractivity contribution is 7.16. The number of para-hydroxylation sites is 1. The van der Waals surface area contributed by atoms with Gasteiger partial charge in [-0.3, -0.25) is 4.79 Å². The van der Waals surface area contributed by atoms with Crippen molar-refractivity contribution in [2.75, 3.05) is 0 Å². The Bertz CT molecular complexity index is 1090. The van der Waals surface area contributed by atoms with Crippen LogP contribution in [0.5, 0.6) is 0 Å². The van der Waals surface area contributed by atoms with Crippen LogP contribution in [0.15, 0.2) is 58.5 Å². The van der Waals surface area contributed by atoms with E-state index in [2.05, 4.69) is 11.1 Å². The number of benzene rings is 2. The summed E-state index contributed by atoms with van der Waals surface area (Å²) in [5.41, 5.74) is 4.38. The Morgan fingerprint density at radius 3 is 2.82 bits per heavy atom. The van der Waals surface area contributed by atoms with E-state index in [1.807, 2.05) is 52.9 Å². The summed E-state index contributed by atoms with van der Waals surface area (Å²) in [6.07, 6.45) is 5.75. The molecule has 5 heteroatoms. The first-order valence-corrected chi connectivity index (χ1v) is 10.8. The van der Waals surface area contributed by atoms with E-state index in [9.17, 15) is 4.79 Å². The zero-order valence-corrected chi connectivity index (χ0v) is 16.5. The molecule has 0 bridgehead atoms. The highest BCUT2D eigenvalue weighted by Gasteiger charge is 2.27. The highest BCUT2D eigenvalue weighted by Crippen LogP contribution is 2.28. The zero-order chi connectivity index (χ0) is 18.9. The summed E-state index contributed by atoms with van der Waals surface area (Å²) in [5.74, 6) is 0.932. The topological polar surface area (TPSA) is 46.3 Å². The van der Waals surface area contributed by atoms with Gasteiger partial charge in [0.25, 0.3) is 5.91 Å². The lowest BCUT2D eigenvalue weighted by molar-refractivity contribution is 0.0598. The third kappa shape index (κ3) is 3.31. The van der Waals surface area contributed by atoms with Gasteiger partial charge >= 0.3 is 0 Å². The minimum Gasteiger partial charge on any atom is -0.459 e. The third-order valence-corrected chi connectivity index (χ3v) is 6.45. The normalized spacial score (nSPS) is 15.3. The first-order chi connectivity index (χ1) is 13.8. The number of thiazole rings is 1. The van der Waals surface area contributed by atoms with Gasteiger partial charge in [-0.25, -0.2) is 4.98 Å². The monoisotopic (exact) mass is 390 g/mol. The van der Waals surface area contributed by atoms with Gasteiger partial charge in [0, 0.05) is 17.0 Å². The Labute approximate surface area is 167 Å². The predicted molar refractivity (Wildman–Crippen MR) is 113 cm³/mol. The number of hydrogen-bond acceptors (Lipinski definition) is 4. The van der Waals surface area contributed by atoms with E-state index in [-0.39, 0.29) is 11.9 Å². The Morgan fingerprint density at radius 1 is 1.11 bits per heavy atom. The van der Waals surface area contributed by atoms with Crippen LogP contribution >= 0.6 is 11.3 Å². The molecule has 1 aliphatic rings. The molecule has 4 nitrogen and oxygen atoms in total. The van der Waals surface area contributed by atoms with Gasteiger partial charge in [0.1, 0.15) is 11.3 Å². The molecule has 0 N–H and O–H groups in total. The van der Waals surface area contributed by atoms with Crippen molar-refractivity contribution in [3.63, 3.8) is 0 Å². The summed E-state index contributed by atoms with van der Waals surface area (Å²) in [6, 6.07) is 16.2. The summed E-state index contributed by atoms with van der Waals surface area (Å²) in [7, 11) is 0. The van der Waals surface area contributed by atoms with E-state index in [1.54, 1.807) is 11.3 Å². The Morgan fingerprint density at radius 2 is 1.96 bits per heavy atom. The molecule has 4 aromatic rings. The molecule has 2 aromatic carbocycles. The Balaban J connectivity index is 1.48. The van der Waals surface area contributed by atoms with E-state index < -0.39 is 0 Å². The second kappa shape index (κ2) is 7.40. The van der Waals surface area contributed by atoms with Crippen LogP contribution in [0.25, 0.3) is 21.2 Å². The average Bonchev–Trinajstić information content (AvgIpc) is 3.37. The first kappa shape index (κ1) is 17.4. The maximum atomic E-state index is 13.5. The Kier molecular flexibility index (Phi) is 4.61. The summed E-state index contributed by atoms with van der Waals surface area (Å²) >= 11 is 1.57. The highest BCUT2D eigenvalue weighted by atomic mass is 32.1. The van der Waals surface area contributed by atoms with E-state index in [0.29, 0.717) is 6.54 Å². The number of carbonyl (C=O) groups excluding carboxylic acids is 1. The molecule has 1 saturated carbocycles. The average molecular weight is 391 g/mol. The van der Waals surface area contributed by atoms with Gasteiger partial charge in [0.2, 0.25) is 0 Å². The van der Waals surface area contributed by atoms with Crippen LogP contribution in [0, 0.1) is 0 Å². The van der Waals surface area contributed by atoms with Gasteiger partial charge in [0.05, 0.1) is 22.3 Å². The van der Waals surface area contributed by atoms with Gasteiger partial charge in [-0.15, -0.1) is 11.3 Å². The molecule has 5 rings (SSSR count). The standard InChI is InChI=1S/C23H22N2O2S/c26-23(17-10-11-20-22(13-17)28-15-24-20)25(18-7-2-1-3-8-18)14-19-12-16-6-4-5-9-21(16)27-19/h4-6,9-13,15,18H,1-3,7-8,14H2. The fourth-order valence-electron chi connectivity index (χ4n) is 4.20. The van der Waals surface area contributed by atoms with Gasteiger partial charge < -0.3 is 9.32 Å². The van der Waals surface area contributed by atoms with Gasteiger partial charge in [-0.05, 0) is 43.2 Å². The molecule has 0 atom stereocenters. The van der Waals surface area contributed by atoms with Crippen LogP contribution in [0.2, 0.25) is 0 Å². The zero-order valence-electron chi connectivity index (χ0n) is 15.6. The van der Waals surface area contributed by atoms with Crippen molar-refractivity contribution in [3.05, 3.63) is 65.4 Å². The number of hydrogen-bond donors (Lipinski definition) is 0. The van der Waals surface area contributed by atoms with E-state index in [1.165, 1.54) is 19.3 Å². The van der Waals surface area contributed by atoms with Crippen molar-refractivity contribution in [3.8, 4) is 0 Å². The molecule has 1 fully saturated rings. The van der Waals surface area contributed by atoms with E-state index >= 15 is 0 Å².